The van der Waals surface area contributed by atoms with Crippen molar-refractivity contribution >= 4 is 33.5 Å². The minimum absolute atomic E-state index is 0.279. The molecule has 4 nitrogen and oxygen atoms in total. The second-order valence-corrected chi connectivity index (χ2v) is 4.10. The third kappa shape index (κ3) is 9.64. The summed E-state index contributed by atoms with van der Waals surface area (Å²) in [7, 11) is 2.64. The Balaban J connectivity index is 3.01. The molecule has 0 radical (unpaired) electrons. The maximum absolute atomic E-state index is 10.3. The number of hydrogen-bond acceptors (Lipinski definition) is 6. The molecule has 0 aliphatic carbocycles. The van der Waals surface area contributed by atoms with Gasteiger partial charge in [-0.15, -0.1) is 0 Å². The van der Waals surface area contributed by atoms with Gasteiger partial charge in [-0.1, -0.05) is 0 Å². The number of esters is 2. The molecule has 0 atom stereocenters. The van der Waals surface area contributed by atoms with Gasteiger partial charge >= 0.3 is 11.9 Å². The fourth-order valence-electron chi connectivity index (χ4n) is 0.282. The van der Waals surface area contributed by atoms with Crippen LogP contribution in [0.15, 0.2) is 0 Å². The quantitative estimate of drug-likeness (QED) is 0.296. The van der Waals surface area contributed by atoms with Crippen molar-refractivity contribution in [3.05, 3.63) is 0 Å². The number of carbonyl (C=O) groups is 2. The maximum atomic E-state index is 10.3. The predicted octanol–water partition coefficient (Wildman–Crippen LogP) is 1.41. The highest BCUT2D eigenvalue weighted by atomic mass is 33.1. The molecular formula is C6H10O4S2. The summed E-state index contributed by atoms with van der Waals surface area (Å²) >= 11 is 0. The van der Waals surface area contributed by atoms with Gasteiger partial charge in [-0.25, -0.2) is 0 Å². The zero-order valence-corrected chi connectivity index (χ0v) is 8.50. The Morgan fingerprint density at radius 2 is 1.33 bits per heavy atom. The molecule has 0 aromatic rings. The topological polar surface area (TPSA) is 52.6 Å². The summed E-state index contributed by atoms with van der Waals surface area (Å²) in [5.41, 5.74) is 0. The summed E-state index contributed by atoms with van der Waals surface area (Å²) in [6, 6.07) is 0. The molecule has 70 valence electrons. The van der Waals surface area contributed by atoms with Crippen molar-refractivity contribution in [2.45, 2.75) is 13.8 Å². The summed E-state index contributed by atoms with van der Waals surface area (Å²) in [5.74, 6) is -0.0612. The molecule has 0 aromatic carbocycles. The van der Waals surface area contributed by atoms with E-state index in [0.29, 0.717) is 0 Å². The first-order chi connectivity index (χ1) is 5.63. The lowest BCUT2D eigenvalue weighted by atomic mass is 10.8. The Morgan fingerprint density at radius 3 is 1.58 bits per heavy atom. The van der Waals surface area contributed by atoms with Gasteiger partial charge in [0.1, 0.15) is 11.9 Å². The van der Waals surface area contributed by atoms with Gasteiger partial charge in [0.15, 0.2) is 0 Å². The van der Waals surface area contributed by atoms with E-state index in [1.54, 1.807) is 0 Å². The second kappa shape index (κ2) is 7.30. The highest BCUT2D eigenvalue weighted by Gasteiger charge is 1.95. The number of carbonyl (C=O) groups excluding carboxylic acids is 2. The molecule has 0 fully saturated rings. The highest BCUT2D eigenvalue weighted by molar-refractivity contribution is 8.76. The highest BCUT2D eigenvalue weighted by Crippen LogP contribution is 2.20. The van der Waals surface area contributed by atoms with E-state index in [9.17, 15) is 9.59 Å². The van der Waals surface area contributed by atoms with Crippen LogP contribution in [0.2, 0.25) is 0 Å². The SMILES string of the molecule is CC(=O)OCSSCOC(C)=O. The fourth-order valence-corrected chi connectivity index (χ4v) is 1.54. The Hall–Kier alpha value is -0.360. The molecule has 0 amide bonds. The molecule has 0 saturated carbocycles. The smallest absolute Gasteiger partial charge is 0.303 e. The Kier molecular flexibility index (Phi) is 7.08. The monoisotopic (exact) mass is 210 g/mol. The van der Waals surface area contributed by atoms with Crippen LogP contribution in [-0.2, 0) is 19.1 Å². The number of hydrogen-bond donors (Lipinski definition) is 0. The van der Waals surface area contributed by atoms with E-state index in [4.69, 9.17) is 0 Å². The Bertz CT molecular complexity index is 142. The van der Waals surface area contributed by atoms with Crippen LogP contribution >= 0.6 is 21.6 Å². The molecule has 12 heavy (non-hydrogen) atoms. The van der Waals surface area contributed by atoms with Crippen molar-refractivity contribution in [1.29, 1.82) is 0 Å². The van der Waals surface area contributed by atoms with Gasteiger partial charge in [-0.05, 0) is 21.6 Å². The van der Waals surface area contributed by atoms with Gasteiger partial charge in [-0.3, -0.25) is 9.59 Å². The first-order valence-corrected chi connectivity index (χ1v) is 5.63. The van der Waals surface area contributed by atoms with E-state index in [-0.39, 0.29) is 23.8 Å². The molecule has 0 aliphatic heterocycles. The number of ether oxygens (including phenoxy) is 2. The van der Waals surface area contributed by atoms with Gasteiger partial charge in [0.25, 0.3) is 0 Å². The van der Waals surface area contributed by atoms with Crippen molar-refractivity contribution in [3.63, 3.8) is 0 Å². The normalized spacial score (nSPS) is 9.17. The van der Waals surface area contributed by atoms with Crippen molar-refractivity contribution in [3.8, 4) is 0 Å². The lowest BCUT2D eigenvalue weighted by Gasteiger charge is -2.01. The molecule has 0 N–H and O–H groups in total. The molecule has 6 heteroatoms. The van der Waals surface area contributed by atoms with E-state index >= 15 is 0 Å². The lowest BCUT2D eigenvalue weighted by molar-refractivity contribution is -0.139. The van der Waals surface area contributed by atoms with Crippen molar-refractivity contribution in [2.24, 2.45) is 0 Å². The average Bonchev–Trinajstić information content (AvgIpc) is 1.95. The van der Waals surface area contributed by atoms with Crippen LogP contribution in [0.3, 0.4) is 0 Å². The second-order valence-electron chi connectivity index (χ2n) is 1.74. The van der Waals surface area contributed by atoms with Crippen LogP contribution in [0.4, 0.5) is 0 Å². The van der Waals surface area contributed by atoms with Crippen LogP contribution < -0.4 is 0 Å². The number of rotatable bonds is 5. The fraction of sp³-hybridized carbons (Fsp3) is 0.667. The first-order valence-electron chi connectivity index (χ1n) is 3.14. The zero-order valence-electron chi connectivity index (χ0n) is 6.86. The third-order valence-electron chi connectivity index (χ3n) is 0.704. The molecule has 0 rings (SSSR count). The van der Waals surface area contributed by atoms with Crippen LogP contribution in [-0.4, -0.2) is 23.8 Å². The largest absolute Gasteiger partial charge is 0.454 e. The van der Waals surface area contributed by atoms with E-state index in [1.165, 1.54) is 35.4 Å². The standard InChI is InChI=1S/C6H10O4S2/c1-5(7)9-3-11-12-4-10-6(2)8/h3-4H2,1-2H3. The van der Waals surface area contributed by atoms with E-state index < -0.39 is 0 Å². The van der Waals surface area contributed by atoms with E-state index in [2.05, 4.69) is 9.47 Å². The minimum Gasteiger partial charge on any atom is -0.454 e. The molecule has 0 heterocycles. The Morgan fingerprint density at radius 1 is 1.00 bits per heavy atom. The van der Waals surface area contributed by atoms with Crippen LogP contribution in [0.5, 0.6) is 0 Å². The van der Waals surface area contributed by atoms with Gasteiger partial charge in [0.2, 0.25) is 0 Å². The molecule has 0 bridgehead atoms. The van der Waals surface area contributed by atoms with Crippen molar-refractivity contribution in [1.82, 2.24) is 0 Å². The molecule has 0 unspecified atom stereocenters. The van der Waals surface area contributed by atoms with Gasteiger partial charge in [0.05, 0.1) is 0 Å². The van der Waals surface area contributed by atoms with E-state index in [1.807, 2.05) is 0 Å². The molecule has 0 saturated heterocycles. The Labute approximate surface area is 78.8 Å². The predicted molar refractivity (Wildman–Crippen MR) is 48.4 cm³/mol. The average molecular weight is 210 g/mol. The first kappa shape index (κ1) is 11.6. The van der Waals surface area contributed by atoms with Crippen LogP contribution in [0.1, 0.15) is 13.8 Å². The van der Waals surface area contributed by atoms with E-state index in [0.717, 1.165) is 0 Å². The van der Waals surface area contributed by atoms with Crippen LogP contribution in [0, 0.1) is 0 Å². The molecular weight excluding hydrogens is 200 g/mol. The molecule has 0 aromatic heterocycles. The summed E-state index contributed by atoms with van der Waals surface area (Å²) < 4.78 is 9.22. The summed E-state index contributed by atoms with van der Waals surface area (Å²) in [5, 5.41) is 0. The van der Waals surface area contributed by atoms with Gasteiger partial charge in [0, 0.05) is 13.8 Å². The zero-order chi connectivity index (χ0) is 9.40. The van der Waals surface area contributed by atoms with Crippen molar-refractivity contribution in [2.75, 3.05) is 11.9 Å². The summed E-state index contributed by atoms with van der Waals surface area (Å²) in [6.45, 7) is 2.69. The van der Waals surface area contributed by atoms with Gasteiger partial charge in [-0.2, -0.15) is 0 Å². The third-order valence-corrected chi connectivity index (χ3v) is 2.38. The van der Waals surface area contributed by atoms with Gasteiger partial charge < -0.3 is 9.47 Å². The minimum atomic E-state index is -0.310. The van der Waals surface area contributed by atoms with Crippen LogP contribution in [0.25, 0.3) is 0 Å². The summed E-state index contributed by atoms with van der Waals surface area (Å²) in [6.07, 6.45) is 0. The molecule has 0 spiro atoms. The lowest BCUT2D eigenvalue weighted by Crippen LogP contribution is -1.98. The maximum Gasteiger partial charge on any atom is 0.303 e. The summed E-state index contributed by atoms with van der Waals surface area (Å²) in [4.78, 5) is 20.5. The van der Waals surface area contributed by atoms with Crippen molar-refractivity contribution < 1.29 is 19.1 Å². The molecule has 0 aliphatic rings.